The van der Waals surface area contributed by atoms with Gasteiger partial charge in [-0.3, -0.25) is 0 Å². The van der Waals surface area contributed by atoms with Gasteiger partial charge in [0.2, 0.25) is 0 Å². The van der Waals surface area contributed by atoms with Gasteiger partial charge < -0.3 is 10.1 Å². The molecule has 0 aliphatic rings. The van der Waals surface area contributed by atoms with E-state index in [-0.39, 0.29) is 6.04 Å². The van der Waals surface area contributed by atoms with Gasteiger partial charge in [0.25, 0.3) is 0 Å². The second kappa shape index (κ2) is 6.12. The molecule has 0 saturated heterocycles. The van der Waals surface area contributed by atoms with E-state index < -0.39 is 0 Å². The van der Waals surface area contributed by atoms with Crippen molar-refractivity contribution < 1.29 is 4.74 Å². The van der Waals surface area contributed by atoms with Crippen LogP contribution in [0.25, 0.3) is 0 Å². The third-order valence-corrected chi connectivity index (χ3v) is 2.93. The Bertz CT molecular complexity index is 339. The molecule has 0 radical (unpaired) electrons. The Morgan fingerprint density at radius 1 is 1.38 bits per heavy atom. The average molecular weight is 242 g/mol. The molecule has 0 amide bonds. The average Bonchev–Trinajstić information content (AvgIpc) is 2.20. The molecular weight excluding hydrogens is 222 g/mol. The predicted octanol–water partition coefficient (Wildman–Crippen LogP) is 3.73. The molecule has 90 valence electrons. The van der Waals surface area contributed by atoms with Gasteiger partial charge >= 0.3 is 0 Å². The van der Waals surface area contributed by atoms with Gasteiger partial charge in [0.15, 0.2) is 0 Å². The maximum Gasteiger partial charge on any atom is 0.0666 e. The number of anilines is 1. The van der Waals surface area contributed by atoms with Crippen molar-refractivity contribution in [3.63, 3.8) is 0 Å². The molecule has 0 bridgehead atoms. The minimum absolute atomic E-state index is 0.283. The quantitative estimate of drug-likeness (QED) is 0.848. The number of ether oxygens (including phenoxy) is 1. The van der Waals surface area contributed by atoms with Crippen LogP contribution >= 0.6 is 11.6 Å². The van der Waals surface area contributed by atoms with Gasteiger partial charge in [-0.05, 0) is 30.5 Å². The first kappa shape index (κ1) is 13.3. The maximum atomic E-state index is 6.18. The van der Waals surface area contributed by atoms with E-state index in [0.29, 0.717) is 12.5 Å². The first-order valence-electron chi connectivity index (χ1n) is 5.56. The largest absolute Gasteiger partial charge is 0.383 e. The normalized spacial score (nSPS) is 12.9. The van der Waals surface area contributed by atoms with Crippen molar-refractivity contribution in [2.45, 2.75) is 26.8 Å². The van der Waals surface area contributed by atoms with E-state index in [2.05, 4.69) is 25.2 Å². The molecule has 0 saturated carbocycles. The van der Waals surface area contributed by atoms with Crippen LogP contribution in [-0.2, 0) is 4.74 Å². The van der Waals surface area contributed by atoms with Gasteiger partial charge in [-0.2, -0.15) is 0 Å². The molecule has 0 aliphatic heterocycles. The lowest BCUT2D eigenvalue weighted by Gasteiger charge is -2.23. The van der Waals surface area contributed by atoms with Crippen LogP contribution in [0.3, 0.4) is 0 Å². The van der Waals surface area contributed by atoms with Crippen molar-refractivity contribution in [2.75, 3.05) is 19.0 Å². The summed E-state index contributed by atoms with van der Waals surface area (Å²) in [5.41, 5.74) is 2.14. The minimum atomic E-state index is 0.283. The van der Waals surface area contributed by atoms with E-state index in [1.54, 1.807) is 7.11 Å². The van der Waals surface area contributed by atoms with E-state index >= 15 is 0 Å². The third kappa shape index (κ3) is 3.69. The summed E-state index contributed by atoms with van der Waals surface area (Å²) in [5.74, 6) is 0.498. The number of methoxy groups -OCH3 is 1. The van der Waals surface area contributed by atoms with Crippen LogP contribution in [0.2, 0.25) is 5.02 Å². The Morgan fingerprint density at radius 3 is 2.56 bits per heavy atom. The fourth-order valence-electron chi connectivity index (χ4n) is 1.52. The van der Waals surface area contributed by atoms with Crippen LogP contribution in [0, 0.1) is 12.8 Å². The second-order valence-electron chi connectivity index (χ2n) is 4.43. The number of hydrogen-bond acceptors (Lipinski definition) is 2. The van der Waals surface area contributed by atoms with Gasteiger partial charge in [-0.1, -0.05) is 31.5 Å². The minimum Gasteiger partial charge on any atom is -0.383 e. The molecule has 0 spiro atoms. The topological polar surface area (TPSA) is 21.3 Å². The van der Waals surface area contributed by atoms with Crippen LogP contribution in [0.4, 0.5) is 5.69 Å². The lowest BCUT2D eigenvalue weighted by molar-refractivity contribution is 0.171. The highest BCUT2D eigenvalue weighted by atomic mass is 35.5. The van der Waals surface area contributed by atoms with Gasteiger partial charge in [0.05, 0.1) is 23.4 Å². The monoisotopic (exact) mass is 241 g/mol. The molecule has 1 aromatic rings. The SMILES string of the molecule is COCC(Nc1ccc(C)cc1Cl)C(C)C. The zero-order chi connectivity index (χ0) is 12.1. The summed E-state index contributed by atoms with van der Waals surface area (Å²) in [6.07, 6.45) is 0. The third-order valence-electron chi connectivity index (χ3n) is 2.62. The summed E-state index contributed by atoms with van der Waals surface area (Å²) in [6.45, 7) is 7.05. The Balaban J connectivity index is 2.77. The second-order valence-corrected chi connectivity index (χ2v) is 4.84. The zero-order valence-corrected chi connectivity index (χ0v) is 11.1. The molecule has 1 atom stereocenters. The summed E-state index contributed by atoms with van der Waals surface area (Å²) in [4.78, 5) is 0. The van der Waals surface area contributed by atoms with Gasteiger partial charge in [-0.25, -0.2) is 0 Å². The fourth-order valence-corrected chi connectivity index (χ4v) is 1.81. The maximum absolute atomic E-state index is 6.18. The van der Waals surface area contributed by atoms with Gasteiger partial charge in [0.1, 0.15) is 0 Å². The van der Waals surface area contributed by atoms with E-state index in [1.807, 2.05) is 19.1 Å². The first-order chi connectivity index (χ1) is 7.54. The van der Waals surface area contributed by atoms with E-state index in [0.717, 1.165) is 10.7 Å². The number of aryl methyl sites for hydroxylation is 1. The molecule has 1 aromatic carbocycles. The summed E-state index contributed by atoms with van der Waals surface area (Å²) in [5, 5.41) is 4.18. The first-order valence-corrected chi connectivity index (χ1v) is 5.94. The Kier molecular flexibility index (Phi) is 5.10. The van der Waals surface area contributed by atoms with Crippen molar-refractivity contribution in [3.8, 4) is 0 Å². The number of hydrogen-bond donors (Lipinski definition) is 1. The lowest BCUT2D eigenvalue weighted by atomic mass is 10.0. The molecule has 16 heavy (non-hydrogen) atoms. The molecule has 1 rings (SSSR count). The molecule has 3 heteroatoms. The standard InChI is InChI=1S/C13H20ClNO/c1-9(2)13(8-16-4)15-12-6-5-10(3)7-11(12)14/h5-7,9,13,15H,8H2,1-4H3. The van der Waals surface area contributed by atoms with Crippen molar-refractivity contribution >= 4 is 17.3 Å². The van der Waals surface area contributed by atoms with Crippen LogP contribution < -0.4 is 5.32 Å². The van der Waals surface area contributed by atoms with E-state index in [1.165, 1.54) is 5.56 Å². The summed E-state index contributed by atoms with van der Waals surface area (Å²) in [6, 6.07) is 6.32. The number of benzene rings is 1. The molecule has 0 aromatic heterocycles. The number of rotatable bonds is 5. The van der Waals surface area contributed by atoms with Crippen molar-refractivity contribution in [1.82, 2.24) is 0 Å². The summed E-state index contributed by atoms with van der Waals surface area (Å²) < 4.78 is 5.20. The smallest absolute Gasteiger partial charge is 0.0666 e. The van der Waals surface area contributed by atoms with Crippen LogP contribution in [0.15, 0.2) is 18.2 Å². The zero-order valence-electron chi connectivity index (χ0n) is 10.4. The van der Waals surface area contributed by atoms with Gasteiger partial charge in [-0.15, -0.1) is 0 Å². The Hall–Kier alpha value is -0.730. The molecule has 0 heterocycles. The Labute approximate surface area is 103 Å². The van der Waals surface area contributed by atoms with Crippen LogP contribution in [-0.4, -0.2) is 19.8 Å². The van der Waals surface area contributed by atoms with E-state index in [4.69, 9.17) is 16.3 Å². The predicted molar refractivity (Wildman–Crippen MR) is 70.3 cm³/mol. The highest BCUT2D eigenvalue weighted by molar-refractivity contribution is 6.33. The molecular formula is C13H20ClNO. The van der Waals surface area contributed by atoms with Crippen molar-refractivity contribution in [1.29, 1.82) is 0 Å². The molecule has 1 N–H and O–H groups in total. The van der Waals surface area contributed by atoms with Gasteiger partial charge in [0, 0.05) is 7.11 Å². The highest BCUT2D eigenvalue weighted by Crippen LogP contribution is 2.24. The fraction of sp³-hybridized carbons (Fsp3) is 0.538. The van der Waals surface area contributed by atoms with Crippen molar-refractivity contribution in [3.05, 3.63) is 28.8 Å². The van der Waals surface area contributed by atoms with Crippen molar-refractivity contribution in [2.24, 2.45) is 5.92 Å². The van der Waals surface area contributed by atoms with Crippen LogP contribution in [0.5, 0.6) is 0 Å². The number of halogens is 1. The molecule has 0 fully saturated rings. The number of nitrogens with one attached hydrogen (secondary N) is 1. The molecule has 2 nitrogen and oxygen atoms in total. The van der Waals surface area contributed by atoms with Crippen LogP contribution in [0.1, 0.15) is 19.4 Å². The molecule has 1 unspecified atom stereocenters. The van der Waals surface area contributed by atoms with E-state index in [9.17, 15) is 0 Å². The summed E-state index contributed by atoms with van der Waals surface area (Å²) in [7, 11) is 1.72. The molecule has 0 aliphatic carbocycles. The summed E-state index contributed by atoms with van der Waals surface area (Å²) >= 11 is 6.18. The Morgan fingerprint density at radius 2 is 2.06 bits per heavy atom. The lowest BCUT2D eigenvalue weighted by Crippen LogP contribution is -2.30. The highest BCUT2D eigenvalue weighted by Gasteiger charge is 2.14.